The van der Waals surface area contributed by atoms with E-state index in [0.717, 1.165) is 18.2 Å². The second kappa shape index (κ2) is 6.84. The number of nitrogens with zero attached hydrogens (tertiary/aromatic N) is 3. The fourth-order valence-corrected chi connectivity index (χ4v) is 4.48. The van der Waals surface area contributed by atoms with Crippen LogP contribution in [0.4, 0.5) is 5.69 Å². The van der Waals surface area contributed by atoms with Crippen LogP contribution in [0.3, 0.4) is 0 Å². The number of benzene rings is 1. The van der Waals surface area contributed by atoms with Crippen LogP contribution >= 0.6 is 0 Å². The van der Waals surface area contributed by atoms with Gasteiger partial charge in [-0.3, -0.25) is 19.7 Å². The number of rotatable bonds is 3. The Kier molecular flexibility index (Phi) is 4.45. The van der Waals surface area contributed by atoms with Gasteiger partial charge in [0.05, 0.1) is 16.1 Å². The fraction of sp³-hybridized carbons (Fsp3) is 0.350. The number of pyridine rings is 1. The first-order valence-electron chi connectivity index (χ1n) is 9.27. The third-order valence-corrected chi connectivity index (χ3v) is 5.76. The summed E-state index contributed by atoms with van der Waals surface area (Å²) >= 11 is 0. The number of fused-ring (bicyclic) bond motifs is 4. The van der Waals surface area contributed by atoms with Gasteiger partial charge in [-0.25, -0.2) is 4.79 Å². The van der Waals surface area contributed by atoms with Crippen LogP contribution in [0.15, 0.2) is 35.1 Å². The maximum absolute atomic E-state index is 13.2. The summed E-state index contributed by atoms with van der Waals surface area (Å²) in [6, 6.07) is 7.31. The standard InChI is InChI=1S/C20H19N3O6/c1-11-5-15(20(26)27)14(7-17(11)23(28)29)19(25)21-8-12-6-13(10-21)16-3-2-4-18(24)22(16)9-12/h2-5,7,12-13H,6,8-10H2,1H3,(H,26,27)/t12-,13+/m0/s1. The number of piperidine rings is 1. The zero-order valence-electron chi connectivity index (χ0n) is 15.7. The van der Waals surface area contributed by atoms with Gasteiger partial charge in [0, 0.05) is 48.9 Å². The average molecular weight is 397 g/mol. The highest BCUT2D eigenvalue weighted by atomic mass is 16.6. The van der Waals surface area contributed by atoms with E-state index < -0.39 is 16.8 Å². The number of carboxylic acids is 1. The van der Waals surface area contributed by atoms with Crippen molar-refractivity contribution in [2.75, 3.05) is 13.1 Å². The van der Waals surface area contributed by atoms with Gasteiger partial charge in [0.25, 0.3) is 17.2 Å². The molecule has 0 aliphatic carbocycles. The van der Waals surface area contributed by atoms with Crippen LogP contribution in [0.2, 0.25) is 0 Å². The van der Waals surface area contributed by atoms with Gasteiger partial charge in [-0.2, -0.15) is 0 Å². The van der Waals surface area contributed by atoms with Crippen molar-refractivity contribution in [3.05, 3.63) is 73.2 Å². The van der Waals surface area contributed by atoms with E-state index in [9.17, 15) is 29.6 Å². The Balaban J connectivity index is 1.71. The molecule has 9 nitrogen and oxygen atoms in total. The topological polar surface area (TPSA) is 123 Å². The van der Waals surface area contributed by atoms with Crippen LogP contribution in [-0.4, -0.2) is 44.5 Å². The summed E-state index contributed by atoms with van der Waals surface area (Å²) in [4.78, 5) is 49.2. The maximum atomic E-state index is 13.2. The lowest BCUT2D eigenvalue weighted by atomic mass is 9.82. The number of amides is 1. The molecule has 1 amide bonds. The number of nitro groups is 1. The molecule has 1 N–H and O–H groups in total. The zero-order chi connectivity index (χ0) is 20.9. The van der Waals surface area contributed by atoms with Gasteiger partial charge in [0.2, 0.25) is 0 Å². The normalized spacial score (nSPS) is 20.1. The van der Waals surface area contributed by atoms with E-state index in [0.29, 0.717) is 19.6 Å². The van der Waals surface area contributed by atoms with E-state index in [-0.39, 0.29) is 39.8 Å². The van der Waals surface area contributed by atoms with Crippen molar-refractivity contribution in [2.24, 2.45) is 5.92 Å². The lowest BCUT2D eigenvalue weighted by molar-refractivity contribution is -0.385. The summed E-state index contributed by atoms with van der Waals surface area (Å²) < 4.78 is 1.74. The molecule has 2 aliphatic heterocycles. The maximum Gasteiger partial charge on any atom is 0.336 e. The molecule has 1 aromatic carbocycles. The van der Waals surface area contributed by atoms with Gasteiger partial charge in [-0.15, -0.1) is 0 Å². The number of carbonyl (C=O) groups is 2. The van der Waals surface area contributed by atoms with E-state index in [2.05, 4.69) is 0 Å². The Bertz CT molecular complexity index is 1110. The molecule has 2 bridgehead atoms. The van der Waals surface area contributed by atoms with Crippen LogP contribution in [0, 0.1) is 23.0 Å². The van der Waals surface area contributed by atoms with Crippen molar-refractivity contribution in [1.29, 1.82) is 0 Å². The van der Waals surface area contributed by atoms with Crippen molar-refractivity contribution in [1.82, 2.24) is 9.47 Å². The van der Waals surface area contributed by atoms with E-state index in [4.69, 9.17) is 0 Å². The third-order valence-electron chi connectivity index (χ3n) is 5.76. The summed E-state index contributed by atoms with van der Waals surface area (Å²) in [6.45, 7) is 2.64. The summed E-state index contributed by atoms with van der Waals surface area (Å²) in [5, 5.41) is 20.8. The van der Waals surface area contributed by atoms with Gasteiger partial charge in [-0.1, -0.05) is 6.07 Å². The molecule has 2 atom stereocenters. The number of aromatic carboxylic acids is 1. The molecule has 2 aromatic rings. The van der Waals surface area contributed by atoms with Crippen molar-refractivity contribution in [3.8, 4) is 0 Å². The Hall–Kier alpha value is -3.49. The number of carboxylic acid groups (broad SMARTS) is 1. The van der Waals surface area contributed by atoms with Gasteiger partial charge in [0.15, 0.2) is 0 Å². The van der Waals surface area contributed by atoms with Crippen LogP contribution in [0.25, 0.3) is 0 Å². The number of nitro benzene ring substituents is 1. The highest BCUT2D eigenvalue weighted by Crippen LogP contribution is 2.36. The molecule has 150 valence electrons. The van der Waals surface area contributed by atoms with Gasteiger partial charge >= 0.3 is 5.97 Å². The van der Waals surface area contributed by atoms with E-state index >= 15 is 0 Å². The fourth-order valence-electron chi connectivity index (χ4n) is 4.48. The third kappa shape index (κ3) is 3.18. The van der Waals surface area contributed by atoms with Crippen LogP contribution < -0.4 is 5.56 Å². The number of aromatic nitrogens is 1. The van der Waals surface area contributed by atoms with Crippen molar-refractivity contribution in [3.63, 3.8) is 0 Å². The molecule has 0 unspecified atom stereocenters. The second-order valence-electron chi connectivity index (χ2n) is 7.65. The highest BCUT2D eigenvalue weighted by molar-refractivity contribution is 6.05. The number of carbonyl (C=O) groups excluding carboxylic acids is 1. The van der Waals surface area contributed by atoms with E-state index in [1.54, 1.807) is 15.5 Å². The number of aryl methyl sites for hydroxylation is 1. The lowest BCUT2D eigenvalue weighted by Crippen LogP contribution is -2.49. The van der Waals surface area contributed by atoms with Gasteiger partial charge in [0.1, 0.15) is 0 Å². The number of hydrogen-bond acceptors (Lipinski definition) is 5. The first-order chi connectivity index (χ1) is 13.8. The minimum absolute atomic E-state index is 0.0333. The molecule has 0 saturated carbocycles. The quantitative estimate of drug-likeness (QED) is 0.624. The SMILES string of the molecule is Cc1cc(C(=O)O)c(C(=O)N2C[C@@H]3C[C@H](C2)c2cccc(=O)n2C3)cc1[N+](=O)[O-]. The Morgan fingerprint density at radius 3 is 2.62 bits per heavy atom. The molecular formula is C20H19N3O6. The molecule has 2 aliphatic rings. The molecule has 4 rings (SSSR count). The summed E-state index contributed by atoms with van der Waals surface area (Å²) in [5.41, 5.74) is 0.268. The molecule has 0 spiro atoms. The molecule has 3 heterocycles. The van der Waals surface area contributed by atoms with Crippen LogP contribution in [0.5, 0.6) is 0 Å². The minimum Gasteiger partial charge on any atom is -0.478 e. The molecule has 1 fully saturated rings. The predicted molar refractivity (Wildman–Crippen MR) is 102 cm³/mol. The molecule has 29 heavy (non-hydrogen) atoms. The first-order valence-corrected chi connectivity index (χ1v) is 9.27. The minimum atomic E-state index is -1.31. The van der Waals surface area contributed by atoms with Crippen molar-refractivity contribution < 1.29 is 19.6 Å². The van der Waals surface area contributed by atoms with Crippen LogP contribution in [0.1, 0.15) is 44.3 Å². The molecule has 0 radical (unpaired) electrons. The summed E-state index contributed by atoms with van der Waals surface area (Å²) in [7, 11) is 0. The van der Waals surface area contributed by atoms with Gasteiger partial charge < -0.3 is 14.6 Å². The Morgan fingerprint density at radius 1 is 1.17 bits per heavy atom. The number of hydrogen-bond donors (Lipinski definition) is 1. The molecule has 1 saturated heterocycles. The summed E-state index contributed by atoms with van der Waals surface area (Å²) in [5.74, 6) is -1.81. The van der Waals surface area contributed by atoms with E-state index in [1.165, 1.54) is 19.1 Å². The second-order valence-corrected chi connectivity index (χ2v) is 7.65. The van der Waals surface area contributed by atoms with E-state index in [1.807, 2.05) is 6.07 Å². The monoisotopic (exact) mass is 397 g/mol. The molecule has 1 aromatic heterocycles. The Morgan fingerprint density at radius 2 is 1.93 bits per heavy atom. The zero-order valence-corrected chi connectivity index (χ0v) is 15.7. The average Bonchev–Trinajstić information content (AvgIpc) is 2.67. The molecular weight excluding hydrogens is 378 g/mol. The largest absolute Gasteiger partial charge is 0.478 e. The number of likely N-dealkylation sites (tertiary alicyclic amines) is 1. The first kappa shape index (κ1) is 18.9. The Labute approximate surface area is 165 Å². The molecule has 9 heteroatoms. The lowest BCUT2D eigenvalue weighted by Gasteiger charge is -2.42. The predicted octanol–water partition coefficient (Wildman–Crippen LogP) is 2.02. The van der Waals surface area contributed by atoms with Crippen LogP contribution in [-0.2, 0) is 6.54 Å². The van der Waals surface area contributed by atoms with Gasteiger partial charge in [-0.05, 0) is 31.4 Å². The van der Waals surface area contributed by atoms with Crippen molar-refractivity contribution in [2.45, 2.75) is 25.8 Å². The van der Waals surface area contributed by atoms with Crippen molar-refractivity contribution >= 4 is 17.6 Å². The highest BCUT2D eigenvalue weighted by Gasteiger charge is 2.37. The smallest absolute Gasteiger partial charge is 0.336 e. The summed E-state index contributed by atoms with van der Waals surface area (Å²) in [6.07, 6.45) is 0.840.